The van der Waals surface area contributed by atoms with Crippen LogP contribution in [-0.2, 0) is 4.79 Å². The van der Waals surface area contributed by atoms with E-state index in [1.165, 1.54) is 25.7 Å². The molecule has 100 valence electrons. The van der Waals surface area contributed by atoms with E-state index in [0.717, 1.165) is 19.3 Å². The molecule has 3 heteroatoms. The largest absolute Gasteiger partial charge is 0.392 e. The average molecular weight is 241 g/mol. The molecule has 0 aromatic rings. The Bertz CT molecular complexity index is 202. The fourth-order valence-corrected chi connectivity index (χ4v) is 1.63. The van der Waals surface area contributed by atoms with Crippen LogP contribution in [0, 0.1) is 0 Å². The Kier molecular flexibility index (Phi) is 11.1. The van der Waals surface area contributed by atoms with Crippen LogP contribution in [0.4, 0.5) is 0 Å². The lowest BCUT2D eigenvalue weighted by Crippen LogP contribution is -2.30. The molecule has 0 aromatic heterocycles. The number of aliphatic hydroxyl groups is 1. The fourth-order valence-electron chi connectivity index (χ4n) is 1.63. The van der Waals surface area contributed by atoms with E-state index in [9.17, 15) is 4.79 Å². The third kappa shape index (κ3) is 13.1. The van der Waals surface area contributed by atoms with Crippen LogP contribution in [0.1, 0.15) is 58.3 Å². The van der Waals surface area contributed by atoms with Crippen molar-refractivity contribution in [1.29, 1.82) is 0 Å². The Morgan fingerprint density at radius 3 is 2.41 bits per heavy atom. The monoisotopic (exact) mass is 241 g/mol. The molecule has 0 spiro atoms. The molecule has 0 aromatic carbocycles. The highest BCUT2D eigenvalue weighted by molar-refractivity contribution is 5.75. The standard InChI is InChI=1S/C14H27NO2/c1-3-4-5-6-7-8-9-10-11-14(17)15-12-13(2)16/h3,13,16H,1,4-12H2,2H3,(H,15,17). The SMILES string of the molecule is C=CCCCCCCCCC(=O)NCC(C)O. The number of hydrogen-bond donors (Lipinski definition) is 2. The van der Waals surface area contributed by atoms with E-state index in [0.29, 0.717) is 13.0 Å². The molecule has 0 aliphatic heterocycles. The molecule has 0 rings (SSSR count). The number of carbonyl (C=O) groups excluding carboxylic acids is 1. The third-order valence-corrected chi connectivity index (χ3v) is 2.66. The van der Waals surface area contributed by atoms with E-state index < -0.39 is 6.10 Å². The Balaban J connectivity index is 3.16. The number of rotatable bonds is 11. The molecule has 3 nitrogen and oxygen atoms in total. The quantitative estimate of drug-likeness (QED) is 0.431. The molecule has 0 aliphatic carbocycles. The summed E-state index contributed by atoms with van der Waals surface area (Å²) in [6, 6.07) is 0. The van der Waals surface area contributed by atoms with Crippen molar-refractivity contribution in [1.82, 2.24) is 5.32 Å². The third-order valence-electron chi connectivity index (χ3n) is 2.66. The van der Waals surface area contributed by atoms with E-state index in [1.807, 2.05) is 6.08 Å². The lowest BCUT2D eigenvalue weighted by atomic mass is 10.1. The highest BCUT2D eigenvalue weighted by Gasteiger charge is 2.02. The number of hydrogen-bond acceptors (Lipinski definition) is 2. The molecule has 0 aliphatic rings. The van der Waals surface area contributed by atoms with E-state index in [4.69, 9.17) is 5.11 Å². The van der Waals surface area contributed by atoms with Crippen molar-refractivity contribution in [3.63, 3.8) is 0 Å². The lowest BCUT2D eigenvalue weighted by Gasteiger charge is -2.06. The van der Waals surface area contributed by atoms with Crippen LogP contribution < -0.4 is 5.32 Å². The molecule has 2 N–H and O–H groups in total. The summed E-state index contributed by atoms with van der Waals surface area (Å²) in [4.78, 5) is 11.3. The van der Waals surface area contributed by atoms with Gasteiger partial charge in [0.1, 0.15) is 0 Å². The number of allylic oxidation sites excluding steroid dienone is 1. The van der Waals surface area contributed by atoms with Crippen LogP contribution in [0.3, 0.4) is 0 Å². The Morgan fingerprint density at radius 1 is 1.24 bits per heavy atom. The fraction of sp³-hybridized carbons (Fsp3) is 0.786. The van der Waals surface area contributed by atoms with Gasteiger partial charge in [-0.05, 0) is 26.2 Å². The van der Waals surface area contributed by atoms with Gasteiger partial charge in [-0.3, -0.25) is 4.79 Å². The molecular formula is C14H27NO2. The second-order valence-corrected chi connectivity index (χ2v) is 4.60. The van der Waals surface area contributed by atoms with Gasteiger partial charge in [-0.2, -0.15) is 0 Å². The molecule has 0 bridgehead atoms. The first kappa shape index (κ1) is 16.2. The lowest BCUT2D eigenvalue weighted by molar-refractivity contribution is -0.121. The van der Waals surface area contributed by atoms with Gasteiger partial charge in [0.25, 0.3) is 0 Å². The zero-order valence-corrected chi connectivity index (χ0v) is 11.1. The van der Waals surface area contributed by atoms with Crippen molar-refractivity contribution < 1.29 is 9.90 Å². The summed E-state index contributed by atoms with van der Waals surface area (Å²) >= 11 is 0. The van der Waals surface area contributed by atoms with Gasteiger partial charge in [0, 0.05) is 13.0 Å². The van der Waals surface area contributed by atoms with Crippen molar-refractivity contribution in [2.75, 3.05) is 6.54 Å². The van der Waals surface area contributed by atoms with Gasteiger partial charge < -0.3 is 10.4 Å². The number of amides is 1. The molecule has 1 amide bonds. The zero-order valence-electron chi connectivity index (χ0n) is 11.1. The minimum atomic E-state index is -0.455. The summed E-state index contributed by atoms with van der Waals surface area (Å²) in [5.74, 6) is 0.0533. The van der Waals surface area contributed by atoms with Gasteiger partial charge in [-0.15, -0.1) is 6.58 Å². The predicted molar refractivity (Wildman–Crippen MR) is 71.8 cm³/mol. The average Bonchev–Trinajstić information content (AvgIpc) is 2.30. The van der Waals surface area contributed by atoms with Gasteiger partial charge in [0.05, 0.1) is 6.10 Å². The number of nitrogens with one attached hydrogen (secondary N) is 1. The van der Waals surface area contributed by atoms with Crippen molar-refractivity contribution in [3.05, 3.63) is 12.7 Å². The van der Waals surface area contributed by atoms with Crippen molar-refractivity contribution in [2.24, 2.45) is 0 Å². The van der Waals surface area contributed by atoms with Crippen LogP contribution >= 0.6 is 0 Å². The van der Waals surface area contributed by atoms with Gasteiger partial charge >= 0.3 is 0 Å². The normalized spacial score (nSPS) is 12.1. The minimum Gasteiger partial charge on any atom is -0.392 e. The highest BCUT2D eigenvalue weighted by Crippen LogP contribution is 2.08. The van der Waals surface area contributed by atoms with Gasteiger partial charge in [0.15, 0.2) is 0 Å². The number of unbranched alkanes of at least 4 members (excludes halogenated alkanes) is 6. The Morgan fingerprint density at radius 2 is 1.82 bits per heavy atom. The number of carbonyl (C=O) groups is 1. The molecule has 17 heavy (non-hydrogen) atoms. The summed E-state index contributed by atoms with van der Waals surface area (Å²) in [7, 11) is 0. The molecule has 0 radical (unpaired) electrons. The summed E-state index contributed by atoms with van der Waals surface area (Å²) in [5, 5.41) is 11.7. The van der Waals surface area contributed by atoms with Crippen LogP contribution in [0.25, 0.3) is 0 Å². The van der Waals surface area contributed by atoms with Gasteiger partial charge in [-0.25, -0.2) is 0 Å². The molecule has 0 saturated carbocycles. The molecule has 0 fully saturated rings. The van der Waals surface area contributed by atoms with Crippen molar-refractivity contribution in [2.45, 2.75) is 64.4 Å². The Labute approximate surface area is 105 Å². The maximum atomic E-state index is 11.3. The van der Waals surface area contributed by atoms with Crippen molar-refractivity contribution >= 4 is 5.91 Å². The highest BCUT2D eigenvalue weighted by atomic mass is 16.3. The summed E-state index contributed by atoms with van der Waals surface area (Å²) < 4.78 is 0. The smallest absolute Gasteiger partial charge is 0.220 e. The van der Waals surface area contributed by atoms with E-state index in [1.54, 1.807) is 6.92 Å². The zero-order chi connectivity index (χ0) is 12.9. The maximum Gasteiger partial charge on any atom is 0.220 e. The predicted octanol–water partition coefficient (Wildman–Crippen LogP) is 2.79. The van der Waals surface area contributed by atoms with Gasteiger partial charge in [0.2, 0.25) is 5.91 Å². The van der Waals surface area contributed by atoms with Gasteiger partial charge in [-0.1, -0.05) is 31.8 Å². The van der Waals surface area contributed by atoms with Crippen LogP contribution in [0.5, 0.6) is 0 Å². The summed E-state index contributed by atoms with van der Waals surface area (Å²) in [6.07, 6.45) is 10.2. The summed E-state index contributed by atoms with van der Waals surface area (Å²) in [6.45, 7) is 5.73. The summed E-state index contributed by atoms with van der Waals surface area (Å²) in [5.41, 5.74) is 0. The van der Waals surface area contributed by atoms with E-state index >= 15 is 0 Å². The molecule has 0 saturated heterocycles. The van der Waals surface area contributed by atoms with Crippen molar-refractivity contribution in [3.8, 4) is 0 Å². The van der Waals surface area contributed by atoms with E-state index in [2.05, 4.69) is 11.9 Å². The Hall–Kier alpha value is -0.830. The van der Waals surface area contributed by atoms with Crippen LogP contribution in [-0.4, -0.2) is 23.7 Å². The van der Waals surface area contributed by atoms with E-state index in [-0.39, 0.29) is 5.91 Å². The molecular weight excluding hydrogens is 214 g/mol. The van der Waals surface area contributed by atoms with Crippen LogP contribution in [0.2, 0.25) is 0 Å². The molecule has 1 unspecified atom stereocenters. The van der Waals surface area contributed by atoms with Crippen LogP contribution in [0.15, 0.2) is 12.7 Å². The first-order chi connectivity index (χ1) is 8.16. The topological polar surface area (TPSA) is 49.3 Å². The molecule has 0 heterocycles. The number of aliphatic hydroxyl groups excluding tert-OH is 1. The second-order valence-electron chi connectivity index (χ2n) is 4.60. The minimum absolute atomic E-state index is 0.0533. The molecule has 1 atom stereocenters. The first-order valence-electron chi connectivity index (χ1n) is 6.72. The second kappa shape index (κ2) is 11.6. The first-order valence-corrected chi connectivity index (χ1v) is 6.72. The maximum absolute atomic E-state index is 11.3.